The maximum absolute atomic E-state index is 12.1. The minimum Gasteiger partial charge on any atom is -0.497 e. The molecular weight excluding hydrogens is 280 g/mol. The number of nitrogens with one attached hydrogen (secondary N) is 2. The molecule has 0 unspecified atom stereocenters. The summed E-state index contributed by atoms with van der Waals surface area (Å²) in [4.78, 5) is 0. The fraction of sp³-hybridized carbons (Fsp3) is 0.250. The highest BCUT2D eigenvalue weighted by Crippen LogP contribution is 2.16. The average molecular weight is 296 g/mol. The van der Waals surface area contributed by atoms with Gasteiger partial charge in [0, 0.05) is 19.8 Å². The van der Waals surface area contributed by atoms with Gasteiger partial charge in [-0.05, 0) is 17.7 Å². The van der Waals surface area contributed by atoms with Crippen molar-refractivity contribution in [1.82, 2.24) is 14.5 Å². The molecule has 8 heteroatoms. The van der Waals surface area contributed by atoms with E-state index < -0.39 is 10.2 Å². The third-order valence-corrected chi connectivity index (χ3v) is 4.14. The Morgan fingerprint density at radius 1 is 1.45 bits per heavy atom. The largest absolute Gasteiger partial charge is 0.497 e. The molecule has 108 valence electrons. The normalized spacial score (nSPS) is 11.6. The van der Waals surface area contributed by atoms with Crippen molar-refractivity contribution in [2.24, 2.45) is 0 Å². The number of hydrogen-bond acceptors (Lipinski definition) is 4. The summed E-state index contributed by atoms with van der Waals surface area (Å²) in [5.74, 6) is 0.691. The van der Waals surface area contributed by atoms with E-state index in [9.17, 15) is 8.42 Å². The summed E-state index contributed by atoms with van der Waals surface area (Å²) < 4.78 is 32.9. The van der Waals surface area contributed by atoms with E-state index in [2.05, 4.69) is 14.9 Å². The number of ether oxygens (including phenoxy) is 1. The van der Waals surface area contributed by atoms with Gasteiger partial charge in [-0.15, -0.1) is 0 Å². The molecule has 0 amide bonds. The third-order valence-electron chi connectivity index (χ3n) is 2.69. The number of nitrogens with zero attached hydrogens (tertiary/aromatic N) is 2. The first-order valence-corrected chi connectivity index (χ1v) is 7.31. The molecule has 2 rings (SSSR count). The molecular formula is C12H16N4O3S. The van der Waals surface area contributed by atoms with Crippen molar-refractivity contribution >= 4 is 15.9 Å². The molecule has 0 aliphatic heterocycles. The summed E-state index contributed by atoms with van der Waals surface area (Å²) in [6.45, 7) is 0.240. The van der Waals surface area contributed by atoms with Crippen LogP contribution in [0.15, 0.2) is 36.7 Å². The summed E-state index contributed by atoms with van der Waals surface area (Å²) in [7, 11) is -0.547. The molecule has 1 aromatic heterocycles. The summed E-state index contributed by atoms with van der Waals surface area (Å²) >= 11 is 0. The van der Waals surface area contributed by atoms with Crippen molar-refractivity contribution in [2.45, 2.75) is 6.54 Å². The van der Waals surface area contributed by atoms with Crippen molar-refractivity contribution < 1.29 is 13.2 Å². The summed E-state index contributed by atoms with van der Waals surface area (Å²) in [5.41, 5.74) is 1.23. The molecule has 0 aliphatic rings. The van der Waals surface area contributed by atoms with Crippen molar-refractivity contribution in [1.29, 1.82) is 0 Å². The fourth-order valence-corrected chi connectivity index (χ4v) is 2.53. The van der Waals surface area contributed by atoms with Gasteiger partial charge < -0.3 is 4.74 Å². The quantitative estimate of drug-likeness (QED) is 0.838. The predicted octanol–water partition coefficient (Wildman–Crippen LogP) is 1.21. The number of rotatable bonds is 6. The lowest BCUT2D eigenvalue weighted by Gasteiger charge is -2.17. The molecule has 2 aromatic rings. The van der Waals surface area contributed by atoms with Gasteiger partial charge in [0.1, 0.15) is 5.75 Å². The number of aromatic amines is 1. The number of aromatic nitrogens is 2. The SMILES string of the molecule is COc1cccc(CN(C)S(=O)(=O)Nc2cn[nH]c2)c1. The fourth-order valence-electron chi connectivity index (χ4n) is 1.65. The maximum Gasteiger partial charge on any atom is 0.301 e. The van der Waals surface area contributed by atoms with E-state index in [0.29, 0.717) is 11.4 Å². The molecule has 0 atom stereocenters. The van der Waals surface area contributed by atoms with Gasteiger partial charge >= 0.3 is 10.2 Å². The number of methoxy groups -OCH3 is 1. The highest BCUT2D eigenvalue weighted by atomic mass is 32.2. The van der Waals surface area contributed by atoms with Crippen molar-refractivity contribution in [2.75, 3.05) is 18.9 Å². The molecule has 0 spiro atoms. The second kappa shape index (κ2) is 5.93. The Morgan fingerprint density at radius 3 is 2.90 bits per heavy atom. The Kier molecular flexibility index (Phi) is 4.26. The van der Waals surface area contributed by atoms with E-state index in [1.807, 2.05) is 18.2 Å². The van der Waals surface area contributed by atoms with Gasteiger partial charge in [0.05, 0.1) is 19.0 Å². The first-order chi connectivity index (χ1) is 9.51. The molecule has 0 fully saturated rings. The van der Waals surface area contributed by atoms with Crippen molar-refractivity contribution in [3.05, 3.63) is 42.2 Å². The molecule has 0 radical (unpaired) electrons. The van der Waals surface area contributed by atoms with Gasteiger partial charge in [-0.25, -0.2) is 0 Å². The molecule has 2 N–H and O–H groups in total. The minimum absolute atomic E-state index is 0.240. The monoisotopic (exact) mass is 296 g/mol. The van der Waals surface area contributed by atoms with E-state index in [1.54, 1.807) is 13.2 Å². The number of benzene rings is 1. The van der Waals surface area contributed by atoms with Crippen LogP contribution in [0.3, 0.4) is 0 Å². The lowest BCUT2D eigenvalue weighted by molar-refractivity contribution is 0.412. The van der Waals surface area contributed by atoms with Crippen LogP contribution in [0.2, 0.25) is 0 Å². The van der Waals surface area contributed by atoms with Gasteiger partial charge in [-0.3, -0.25) is 9.82 Å². The van der Waals surface area contributed by atoms with Crippen LogP contribution >= 0.6 is 0 Å². The number of hydrogen-bond donors (Lipinski definition) is 2. The van der Waals surface area contributed by atoms with Crippen molar-refractivity contribution in [3.63, 3.8) is 0 Å². The molecule has 1 heterocycles. The Bertz CT molecular complexity index is 655. The van der Waals surface area contributed by atoms with E-state index in [1.165, 1.54) is 23.7 Å². The van der Waals surface area contributed by atoms with Crippen LogP contribution in [-0.4, -0.2) is 37.1 Å². The molecule has 1 aromatic carbocycles. The Labute approximate surface area is 117 Å². The number of anilines is 1. The van der Waals surface area contributed by atoms with E-state index in [0.717, 1.165) is 5.56 Å². The van der Waals surface area contributed by atoms with Crippen LogP contribution in [0.4, 0.5) is 5.69 Å². The van der Waals surface area contributed by atoms with Crippen molar-refractivity contribution in [3.8, 4) is 5.75 Å². The summed E-state index contributed by atoms with van der Waals surface area (Å²) in [6, 6.07) is 7.26. The second-order valence-electron chi connectivity index (χ2n) is 4.20. The van der Waals surface area contributed by atoms with Gasteiger partial charge in [0.25, 0.3) is 0 Å². The summed E-state index contributed by atoms with van der Waals surface area (Å²) in [5, 5.41) is 6.23. The predicted molar refractivity (Wildman–Crippen MR) is 75.6 cm³/mol. The minimum atomic E-state index is -3.62. The first kappa shape index (κ1) is 14.4. The zero-order chi connectivity index (χ0) is 14.6. The van der Waals surface area contributed by atoms with E-state index in [-0.39, 0.29) is 6.54 Å². The van der Waals surface area contributed by atoms with E-state index >= 15 is 0 Å². The van der Waals surface area contributed by atoms with Gasteiger partial charge in [-0.2, -0.15) is 17.8 Å². The van der Waals surface area contributed by atoms with Crippen LogP contribution < -0.4 is 9.46 Å². The second-order valence-corrected chi connectivity index (χ2v) is 5.98. The highest BCUT2D eigenvalue weighted by molar-refractivity contribution is 7.90. The van der Waals surface area contributed by atoms with Gasteiger partial charge in [0.15, 0.2) is 0 Å². The lowest BCUT2D eigenvalue weighted by atomic mass is 10.2. The zero-order valence-electron chi connectivity index (χ0n) is 11.2. The molecule has 0 saturated carbocycles. The maximum atomic E-state index is 12.1. The van der Waals surface area contributed by atoms with E-state index in [4.69, 9.17) is 4.74 Å². The molecule has 0 saturated heterocycles. The van der Waals surface area contributed by atoms with Gasteiger partial charge in [-0.1, -0.05) is 12.1 Å². The third kappa shape index (κ3) is 3.49. The lowest BCUT2D eigenvalue weighted by Crippen LogP contribution is -2.32. The molecule has 0 bridgehead atoms. The first-order valence-electron chi connectivity index (χ1n) is 5.87. The van der Waals surface area contributed by atoms with Crippen LogP contribution in [0.1, 0.15) is 5.56 Å². The highest BCUT2D eigenvalue weighted by Gasteiger charge is 2.18. The van der Waals surface area contributed by atoms with Crippen LogP contribution in [-0.2, 0) is 16.8 Å². The smallest absolute Gasteiger partial charge is 0.301 e. The molecule has 20 heavy (non-hydrogen) atoms. The Morgan fingerprint density at radius 2 is 2.25 bits per heavy atom. The molecule has 0 aliphatic carbocycles. The zero-order valence-corrected chi connectivity index (χ0v) is 12.0. The van der Waals surface area contributed by atoms with Crippen LogP contribution in [0.25, 0.3) is 0 Å². The molecule has 7 nitrogen and oxygen atoms in total. The van der Waals surface area contributed by atoms with Crippen LogP contribution in [0.5, 0.6) is 5.75 Å². The van der Waals surface area contributed by atoms with Crippen LogP contribution in [0, 0.1) is 0 Å². The Hall–Kier alpha value is -2.06. The number of H-pyrrole nitrogens is 1. The van der Waals surface area contributed by atoms with Gasteiger partial charge in [0.2, 0.25) is 0 Å². The summed E-state index contributed by atoms with van der Waals surface area (Å²) in [6.07, 6.45) is 2.87. The average Bonchev–Trinajstić information content (AvgIpc) is 2.91. The Balaban J connectivity index is 2.08. The topological polar surface area (TPSA) is 87.3 Å². The standard InChI is InChI=1S/C12H16N4O3S/c1-16(9-10-4-3-5-12(6-10)19-2)20(17,18)15-11-7-13-14-8-11/h3-8,15H,9H2,1-2H3,(H,13,14).